The van der Waals surface area contributed by atoms with Crippen LogP contribution in [0.3, 0.4) is 0 Å². The van der Waals surface area contributed by atoms with Crippen molar-refractivity contribution < 1.29 is 4.39 Å². The summed E-state index contributed by atoms with van der Waals surface area (Å²) in [6, 6.07) is 11.2. The molecule has 2 rings (SSSR count). The van der Waals surface area contributed by atoms with Crippen LogP contribution in [-0.2, 0) is 6.42 Å². The summed E-state index contributed by atoms with van der Waals surface area (Å²) in [7, 11) is 0. The van der Waals surface area contributed by atoms with Crippen LogP contribution in [0, 0.1) is 12.7 Å². The molecule has 0 aliphatic rings. The number of anilines is 1. The van der Waals surface area contributed by atoms with Crippen LogP contribution in [0.4, 0.5) is 10.1 Å². The summed E-state index contributed by atoms with van der Waals surface area (Å²) in [4.78, 5) is 0. The van der Waals surface area contributed by atoms with E-state index in [0.29, 0.717) is 0 Å². The van der Waals surface area contributed by atoms with Gasteiger partial charge in [0.05, 0.1) is 5.02 Å². The van der Waals surface area contributed by atoms with Crippen molar-refractivity contribution in [2.75, 3.05) is 5.32 Å². The van der Waals surface area contributed by atoms with Gasteiger partial charge in [-0.25, -0.2) is 4.39 Å². The standard InChI is InChI=1S/C17H19ClFN/c1-4-13-7-5-6-11(2)17(13)20-12(3)14-8-9-16(19)15(18)10-14/h5-10,12,20H,4H2,1-3H3. The maximum Gasteiger partial charge on any atom is 0.141 e. The van der Waals surface area contributed by atoms with E-state index in [1.807, 2.05) is 0 Å². The van der Waals surface area contributed by atoms with Gasteiger partial charge < -0.3 is 5.32 Å². The number of halogens is 2. The lowest BCUT2D eigenvalue weighted by Crippen LogP contribution is -2.09. The minimum absolute atomic E-state index is 0.0690. The van der Waals surface area contributed by atoms with Gasteiger partial charge in [0.15, 0.2) is 0 Å². The van der Waals surface area contributed by atoms with Crippen LogP contribution in [0.5, 0.6) is 0 Å². The minimum Gasteiger partial charge on any atom is -0.378 e. The SMILES string of the molecule is CCc1cccc(C)c1NC(C)c1ccc(F)c(Cl)c1. The molecule has 0 amide bonds. The fourth-order valence-corrected chi connectivity index (χ4v) is 2.50. The zero-order valence-electron chi connectivity index (χ0n) is 12.0. The predicted molar refractivity (Wildman–Crippen MR) is 84.0 cm³/mol. The second-order valence-electron chi connectivity index (χ2n) is 5.00. The third-order valence-electron chi connectivity index (χ3n) is 3.54. The molecule has 1 nitrogen and oxygen atoms in total. The predicted octanol–water partition coefficient (Wildman–Crippen LogP) is 5.52. The first kappa shape index (κ1) is 14.9. The molecule has 2 aromatic rings. The molecule has 0 spiro atoms. The Morgan fingerprint density at radius 3 is 2.65 bits per heavy atom. The highest BCUT2D eigenvalue weighted by Gasteiger charge is 2.11. The maximum absolute atomic E-state index is 13.2. The van der Waals surface area contributed by atoms with Gasteiger partial charge in [-0.15, -0.1) is 0 Å². The van der Waals surface area contributed by atoms with E-state index < -0.39 is 0 Å². The van der Waals surface area contributed by atoms with Gasteiger partial charge in [-0.3, -0.25) is 0 Å². The van der Waals surface area contributed by atoms with E-state index in [1.54, 1.807) is 12.1 Å². The molecule has 1 unspecified atom stereocenters. The number of para-hydroxylation sites is 1. The highest BCUT2D eigenvalue weighted by Crippen LogP contribution is 2.28. The van der Waals surface area contributed by atoms with E-state index >= 15 is 0 Å². The molecule has 1 N–H and O–H groups in total. The first-order valence-electron chi connectivity index (χ1n) is 6.83. The maximum atomic E-state index is 13.2. The van der Waals surface area contributed by atoms with Crippen molar-refractivity contribution in [1.29, 1.82) is 0 Å². The van der Waals surface area contributed by atoms with Crippen molar-refractivity contribution in [2.45, 2.75) is 33.2 Å². The average molecular weight is 292 g/mol. The number of nitrogens with one attached hydrogen (secondary N) is 1. The van der Waals surface area contributed by atoms with Gasteiger partial charge in [-0.1, -0.05) is 42.8 Å². The second kappa shape index (κ2) is 6.27. The van der Waals surface area contributed by atoms with Gasteiger partial charge in [0.2, 0.25) is 0 Å². The average Bonchev–Trinajstić information content (AvgIpc) is 2.44. The minimum atomic E-state index is -0.382. The quantitative estimate of drug-likeness (QED) is 0.782. The number of hydrogen-bond donors (Lipinski definition) is 1. The molecule has 0 aliphatic carbocycles. The third-order valence-corrected chi connectivity index (χ3v) is 3.83. The molecule has 0 aliphatic heterocycles. The Hall–Kier alpha value is -1.54. The van der Waals surface area contributed by atoms with E-state index in [1.165, 1.54) is 17.2 Å². The van der Waals surface area contributed by atoms with Crippen molar-refractivity contribution in [3.63, 3.8) is 0 Å². The highest BCUT2D eigenvalue weighted by atomic mass is 35.5. The van der Waals surface area contributed by atoms with E-state index in [9.17, 15) is 4.39 Å². The first-order chi connectivity index (χ1) is 9.52. The molecule has 20 heavy (non-hydrogen) atoms. The molecule has 1 atom stereocenters. The van der Waals surface area contributed by atoms with Crippen molar-refractivity contribution >= 4 is 17.3 Å². The van der Waals surface area contributed by atoms with Crippen LogP contribution in [0.1, 0.15) is 36.6 Å². The van der Waals surface area contributed by atoms with Crippen LogP contribution in [-0.4, -0.2) is 0 Å². The van der Waals surface area contributed by atoms with Crippen molar-refractivity contribution in [1.82, 2.24) is 0 Å². The Balaban J connectivity index is 2.27. The van der Waals surface area contributed by atoms with E-state index in [4.69, 9.17) is 11.6 Å². The number of hydrogen-bond acceptors (Lipinski definition) is 1. The van der Waals surface area contributed by atoms with Crippen molar-refractivity contribution in [3.8, 4) is 0 Å². The van der Waals surface area contributed by atoms with Gasteiger partial charge in [0.1, 0.15) is 5.82 Å². The molecular weight excluding hydrogens is 273 g/mol. The molecule has 2 aromatic carbocycles. The molecule has 0 aromatic heterocycles. The van der Waals surface area contributed by atoms with Crippen LogP contribution < -0.4 is 5.32 Å². The Bertz CT molecular complexity index is 610. The number of rotatable bonds is 4. The summed E-state index contributed by atoms with van der Waals surface area (Å²) >= 11 is 5.85. The normalized spacial score (nSPS) is 12.2. The second-order valence-corrected chi connectivity index (χ2v) is 5.41. The zero-order valence-corrected chi connectivity index (χ0v) is 12.8. The monoisotopic (exact) mass is 291 g/mol. The summed E-state index contributed by atoms with van der Waals surface area (Å²) in [5.74, 6) is -0.382. The summed E-state index contributed by atoms with van der Waals surface area (Å²) in [6.07, 6.45) is 0.973. The fraction of sp³-hybridized carbons (Fsp3) is 0.294. The third kappa shape index (κ3) is 3.13. The molecule has 0 saturated carbocycles. The van der Waals surface area contributed by atoms with Gasteiger partial charge >= 0.3 is 0 Å². The molecule has 0 bridgehead atoms. The Morgan fingerprint density at radius 2 is 2.00 bits per heavy atom. The van der Waals surface area contributed by atoms with Gasteiger partial charge in [-0.05, 0) is 49.1 Å². The lowest BCUT2D eigenvalue weighted by molar-refractivity contribution is 0.627. The van der Waals surface area contributed by atoms with E-state index in [2.05, 4.69) is 44.3 Å². The molecule has 0 heterocycles. The lowest BCUT2D eigenvalue weighted by atomic mass is 10.0. The molecule has 0 fully saturated rings. The molecule has 3 heteroatoms. The first-order valence-corrected chi connectivity index (χ1v) is 7.20. The topological polar surface area (TPSA) is 12.0 Å². The highest BCUT2D eigenvalue weighted by molar-refractivity contribution is 6.30. The van der Waals surface area contributed by atoms with Crippen molar-refractivity contribution in [2.24, 2.45) is 0 Å². The van der Waals surface area contributed by atoms with Crippen LogP contribution in [0.25, 0.3) is 0 Å². The van der Waals surface area contributed by atoms with Crippen LogP contribution >= 0.6 is 11.6 Å². The largest absolute Gasteiger partial charge is 0.378 e. The Kier molecular flexibility index (Phi) is 4.66. The van der Waals surface area contributed by atoms with Gasteiger partial charge in [-0.2, -0.15) is 0 Å². The molecule has 106 valence electrons. The fourth-order valence-electron chi connectivity index (χ4n) is 2.31. The Morgan fingerprint density at radius 1 is 1.25 bits per heavy atom. The van der Waals surface area contributed by atoms with Crippen LogP contribution in [0.2, 0.25) is 5.02 Å². The molecule has 0 saturated heterocycles. The summed E-state index contributed by atoms with van der Waals surface area (Å²) in [5, 5.41) is 3.68. The summed E-state index contributed by atoms with van der Waals surface area (Å²) < 4.78 is 13.2. The molecular formula is C17H19ClFN. The number of benzene rings is 2. The zero-order chi connectivity index (χ0) is 14.7. The summed E-state index contributed by atoms with van der Waals surface area (Å²) in [6.45, 7) is 6.28. The smallest absolute Gasteiger partial charge is 0.141 e. The van der Waals surface area contributed by atoms with Gasteiger partial charge in [0, 0.05) is 11.7 Å². The molecule has 0 radical (unpaired) electrons. The lowest BCUT2D eigenvalue weighted by Gasteiger charge is -2.20. The van der Waals surface area contributed by atoms with E-state index in [-0.39, 0.29) is 16.9 Å². The van der Waals surface area contributed by atoms with E-state index in [0.717, 1.165) is 17.7 Å². The summed E-state index contributed by atoms with van der Waals surface area (Å²) in [5.41, 5.74) is 4.62. The Labute approximate surface area is 124 Å². The van der Waals surface area contributed by atoms with Crippen molar-refractivity contribution in [3.05, 3.63) is 63.9 Å². The number of aryl methyl sites for hydroxylation is 2. The van der Waals surface area contributed by atoms with Crippen LogP contribution in [0.15, 0.2) is 36.4 Å². The van der Waals surface area contributed by atoms with Gasteiger partial charge in [0.25, 0.3) is 0 Å².